The number of likely N-dealkylation sites (tertiary alicyclic amines) is 1. The fraction of sp³-hybridized carbons (Fsp3) is 0.857. The minimum absolute atomic E-state index is 0.0241. The van der Waals surface area contributed by atoms with Gasteiger partial charge in [-0.2, -0.15) is 0 Å². The molecular formula is C14H21NO3. The monoisotopic (exact) mass is 251 g/mol. The maximum Gasteiger partial charge on any atom is 0.235 e. The van der Waals surface area contributed by atoms with Crippen LogP contribution in [0.25, 0.3) is 0 Å². The summed E-state index contributed by atoms with van der Waals surface area (Å²) in [5.41, 5.74) is -0.328. The van der Waals surface area contributed by atoms with Crippen LogP contribution in [0.3, 0.4) is 0 Å². The first kappa shape index (κ1) is 12.2. The molecule has 0 aromatic heterocycles. The van der Waals surface area contributed by atoms with Gasteiger partial charge >= 0.3 is 0 Å². The minimum Gasteiger partial charge on any atom is -0.376 e. The smallest absolute Gasteiger partial charge is 0.235 e. The fourth-order valence-corrected chi connectivity index (χ4v) is 3.64. The SMILES string of the molecule is O=C1CC2(CCCC2)C(=O)N1C[C@H]1CCCCO1. The van der Waals surface area contributed by atoms with Crippen LogP contribution in [-0.4, -0.2) is 36.0 Å². The van der Waals surface area contributed by atoms with Gasteiger partial charge in [0.25, 0.3) is 0 Å². The number of hydrogen-bond donors (Lipinski definition) is 0. The van der Waals surface area contributed by atoms with Crippen LogP contribution in [0.2, 0.25) is 0 Å². The average Bonchev–Trinajstić information content (AvgIpc) is 2.93. The molecule has 4 nitrogen and oxygen atoms in total. The van der Waals surface area contributed by atoms with Crippen molar-refractivity contribution in [3.8, 4) is 0 Å². The Morgan fingerprint density at radius 1 is 1.17 bits per heavy atom. The van der Waals surface area contributed by atoms with E-state index in [0.717, 1.165) is 51.6 Å². The van der Waals surface area contributed by atoms with Gasteiger partial charge in [-0.25, -0.2) is 0 Å². The average molecular weight is 251 g/mol. The molecule has 0 aromatic carbocycles. The Morgan fingerprint density at radius 3 is 2.61 bits per heavy atom. The van der Waals surface area contributed by atoms with Crippen LogP contribution in [0.1, 0.15) is 51.4 Å². The van der Waals surface area contributed by atoms with Crippen LogP contribution >= 0.6 is 0 Å². The van der Waals surface area contributed by atoms with Crippen LogP contribution in [0, 0.1) is 5.41 Å². The first-order valence-electron chi connectivity index (χ1n) is 7.18. The van der Waals surface area contributed by atoms with E-state index in [1.54, 1.807) is 0 Å². The van der Waals surface area contributed by atoms with Crippen LogP contribution in [0.4, 0.5) is 0 Å². The predicted molar refractivity (Wildman–Crippen MR) is 65.8 cm³/mol. The van der Waals surface area contributed by atoms with Gasteiger partial charge in [-0.1, -0.05) is 12.8 Å². The zero-order valence-corrected chi connectivity index (χ0v) is 10.8. The van der Waals surface area contributed by atoms with Gasteiger partial charge in [0.15, 0.2) is 0 Å². The van der Waals surface area contributed by atoms with Crippen molar-refractivity contribution in [2.24, 2.45) is 5.41 Å². The minimum atomic E-state index is -0.328. The van der Waals surface area contributed by atoms with Gasteiger partial charge in [0, 0.05) is 13.0 Å². The molecule has 2 amide bonds. The molecule has 1 spiro atoms. The van der Waals surface area contributed by atoms with E-state index in [1.165, 1.54) is 4.90 Å². The third kappa shape index (κ3) is 1.96. The standard InChI is InChI=1S/C14H21NO3/c16-12-9-14(6-2-3-7-14)13(17)15(12)10-11-5-1-4-8-18-11/h11H,1-10H2/t11-/m1/s1. The summed E-state index contributed by atoms with van der Waals surface area (Å²) < 4.78 is 5.64. The molecule has 1 atom stereocenters. The number of nitrogens with zero attached hydrogens (tertiary/aromatic N) is 1. The maximum absolute atomic E-state index is 12.5. The molecule has 4 heteroatoms. The highest BCUT2D eigenvalue weighted by molar-refractivity contribution is 6.06. The molecule has 1 saturated carbocycles. The molecule has 0 bridgehead atoms. The second-order valence-corrected chi connectivity index (χ2v) is 5.96. The summed E-state index contributed by atoms with van der Waals surface area (Å²) >= 11 is 0. The highest BCUT2D eigenvalue weighted by atomic mass is 16.5. The van der Waals surface area contributed by atoms with E-state index in [4.69, 9.17) is 4.74 Å². The Morgan fingerprint density at radius 2 is 1.94 bits per heavy atom. The lowest BCUT2D eigenvalue weighted by Gasteiger charge is -2.27. The second kappa shape index (κ2) is 4.65. The third-order valence-electron chi connectivity index (χ3n) is 4.71. The molecular weight excluding hydrogens is 230 g/mol. The Hall–Kier alpha value is -0.900. The van der Waals surface area contributed by atoms with E-state index in [-0.39, 0.29) is 23.3 Å². The van der Waals surface area contributed by atoms with Crippen molar-refractivity contribution in [1.82, 2.24) is 4.90 Å². The maximum atomic E-state index is 12.5. The van der Waals surface area contributed by atoms with Gasteiger partial charge in [0.1, 0.15) is 0 Å². The molecule has 3 fully saturated rings. The van der Waals surface area contributed by atoms with Crippen LogP contribution < -0.4 is 0 Å². The Labute approximate surface area is 108 Å². The van der Waals surface area contributed by atoms with E-state index in [9.17, 15) is 9.59 Å². The molecule has 1 aliphatic carbocycles. The van der Waals surface area contributed by atoms with E-state index in [0.29, 0.717) is 13.0 Å². The molecule has 18 heavy (non-hydrogen) atoms. The number of imide groups is 1. The molecule has 0 radical (unpaired) electrons. The Bertz CT molecular complexity index is 354. The van der Waals surface area contributed by atoms with Gasteiger partial charge in [0.05, 0.1) is 18.1 Å². The quantitative estimate of drug-likeness (QED) is 0.704. The molecule has 3 aliphatic rings. The second-order valence-electron chi connectivity index (χ2n) is 5.96. The summed E-state index contributed by atoms with van der Waals surface area (Å²) in [5, 5.41) is 0. The summed E-state index contributed by atoms with van der Waals surface area (Å²) in [6, 6.07) is 0. The number of rotatable bonds is 2. The van der Waals surface area contributed by atoms with Crippen LogP contribution in [0.15, 0.2) is 0 Å². The zero-order valence-electron chi connectivity index (χ0n) is 10.8. The van der Waals surface area contributed by atoms with E-state index in [1.807, 2.05) is 0 Å². The lowest BCUT2D eigenvalue weighted by molar-refractivity contribution is -0.144. The highest BCUT2D eigenvalue weighted by Gasteiger charge is 2.52. The number of amides is 2. The summed E-state index contributed by atoms with van der Waals surface area (Å²) in [4.78, 5) is 26.0. The number of carbonyl (C=O) groups is 2. The van der Waals surface area contributed by atoms with E-state index >= 15 is 0 Å². The van der Waals surface area contributed by atoms with Gasteiger partial charge in [-0.3, -0.25) is 14.5 Å². The molecule has 3 rings (SSSR count). The summed E-state index contributed by atoms with van der Waals surface area (Å²) in [7, 11) is 0. The number of carbonyl (C=O) groups excluding carboxylic acids is 2. The van der Waals surface area contributed by atoms with Crippen molar-refractivity contribution >= 4 is 11.8 Å². The van der Waals surface area contributed by atoms with Crippen molar-refractivity contribution < 1.29 is 14.3 Å². The van der Waals surface area contributed by atoms with E-state index in [2.05, 4.69) is 0 Å². The highest BCUT2D eigenvalue weighted by Crippen LogP contribution is 2.46. The summed E-state index contributed by atoms with van der Waals surface area (Å²) in [5.74, 6) is 0.107. The predicted octanol–water partition coefficient (Wildman–Crippen LogP) is 1.87. The summed E-state index contributed by atoms with van der Waals surface area (Å²) in [6.45, 7) is 1.26. The first-order valence-corrected chi connectivity index (χ1v) is 7.18. The van der Waals surface area contributed by atoms with Crippen molar-refractivity contribution in [2.75, 3.05) is 13.2 Å². The number of hydrogen-bond acceptors (Lipinski definition) is 3. The van der Waals surface area contributed by atoms with Gasteiger partial charge in [0.2, 0.25) is 11.8 Å². The first-order chi connectivity index (χ1) is 8.71. The molecule has 0 aromatic rings. The van der Waals surface area contributed by atoms with Crippen molar-refractivity contribution in [3.05, 3.63) is 0 Å². The number of ether oxygens (including phenoxy) is 1. The van der Waals surface area contributed by atoms with E-state index < -0.39 is 0 Å². The van der Waals surface area contributed by atoms with Crippen molar-refractivity contribution in [1.29, 1.82) is 0 Å². The molecule has 0 N–H and O–H groups in total. The largest absolute Gasteiger partial charge is 0.376 e. The topological polar surface area (TPSA) is 46.6 Å². The summed E-state index contributed by atoms with van der Waals surface area (Å²) in [6.07, 6.45) is 7.72. The fourth-order valence-electron chi connectivity index (χ4n) is 3.64. The van der Waals surface area contributed by atoms with Crippen LogP contribution in [0.5, 0.6) is 0 Å². The molecule has 100 valence electrons. The molecule has 2 aliphatic heterocycles. The van der Waals surface area contributed by atoms with Gasteiger partial charge in [-0.05, 0) is 32.1 Å². The van der Waals surface area contributed by atoms with Crippen molar-refractivity contribution in [2.45, 2.75) is 57.5 Å². The van der Waals surface area contributed by atoms with Gasteiger partial charge < -0.3 is 4.74 Å². The molecule has 0 unspecified atom stereocenters. The Balaban J connectivity index is 1.68. The van der Waals surface area contributed by atoms with Crippen molar-refractivity contribution in [3.63, 3.8) is 0 Å². The molecule has 2 saturated heterocycles. The third-order valence-corrected chi connectivity index (χ3v) is 4.71. The Kier molecular flexibility index (Phi) is 3.14. The lowest BCUT2D eigenvalue weighted by atomic mass is 9.84. The van der Waals surface area contributed by atoms with Crippen LogP contribution in [-0.2, 0) is 14.3 Å². The normalized spacial score (nSPS) is 31.6. The zero-order chi connectivity index (χ0) is 12.6. The molecule has 2 heterocycles. The van der Waals surface area contributed by atoms with Gasteiger partial charge in [-0.15, -0.1) is 0 Å². The lowest BCUT2D eigenvalue weighted by Crippen LogP contribution is -2.41.